The molecule has 0 aliphatic heterocycles. The van der Waals surface area contributed by atoms with Crippen molar-refractivity contribution in [2.75, 3.05) is 6.26 Å². The van der Waals surface area contributed by atoms with E-state index in [0.717, 1.165) is 0 Å². The van der Waals surface area contributed by atoms with Crippen LogP contribution < -0.4 is 4.46 Å². The minimum atomic E-state index is 0.425. The van der Waals surface area contributed by atoms with E-state index in [2.05, 4.69) is 50.4 Å². The Hall–Kier alpha value is 0.0895. The molecule has 1 aromatic rings. The van der Waals surface area contributed by atoms with Crippen LogP contribution in [0.1, 0.15) is 13.8 Å². The van der Waals surface area contributed by atoms with Crippen LogP contribution in [-0.2, 0) is 0 Å². The van der Waals surface area contributed by atoms with E-state index in [4.69, 9.17) is 0 Å². The molecule has 0 spiro atoms. The number of hydrogen-bond donors (Lipinski definition) is 0. The summed E-state index contributed by atoms with van der Waals surface area (Å²) in [4.78, 5) is 0. The average Bonchev–Trinajstić information content (AvgIpc) is 2.06. The Morgan fingerprint density at radius 3 is 2.25 bits per heavy atom. The summed E-state index contributed by atoms with van der Waals surface area (Å²) in [6.07, 6.45) is 2.19. The van der Waals surface area contributed by atoms with Crippen molar-refractivity contribution in [1.82, 2.24) is 0 Å². The fraction of sp³-hybridized carbons (Fsp3) is 0.400. The summed E-state index contributed by atoms with van der Waals surface area (Å²) in [6.45, 7) is 4.62. The summed E-state index contributed by atoms with van der Waals surface area (Å²) in [5.74, 6) is 0. The van der Waals surface area contributed by atoms with E-state index in [1.165, 1.54) is 4.46 Å². The van der Waals surface area contributed by atoms with E-state index in [1.807, 2.05) is 11.8 Å². The number of thioether (sulfide) groups is 1. The second kappa shape index (κ2) is 4.36. The normalized spacial score (nSPS) is 11.6. The van der Waals surface area contributed by atoms with Gasteiger partial charge in [-0.25, -0.2) is 0 Å². The van der Waals surface area contributed by atoms with Gasteiger partial charge in [0.05, 0.1) is 0 Å². The fourth-order valence-corrected chi connectivity index (χ4v) is 3.73. The molecule has 0 fully saturated rings. The first-order valence-electron chi connectivity index (χ1n) is 3.93. The third-order valence-electron chi connectivity index (χ3n) is 1.60. The monoisotopic (exact) mass is 246 g/mol. The molecule has 0 N–H and O–H groups in total. The van der Waals surface area contributed by atoms with Crippen LogP contribution in [0.3, 0.4) is 0 Å². The predicted molar refractivity (Wildman–Crippen MR) is 59.4 cm³/mol. The third-order valence-corrected chi connectivity index (χ3v) is 6.16. The number of benzene rings is 1. The van der Waals surface area contributed by atoms with Gasteiger partial charge in [0.2, 0.25) is 0 Å². The molecule has 1 aromatic carbocycles. The summed E-state index contributed by atoms with van der Waals surface area (Å²) in [5, 5.41) is 0. The molecule has 66 valence electrons. The topological polar surface area (TPSA) is 0 Å². The molecule has 2 heteroatoms. The summed E-state index contributed by atoms with van der Waals surface area (Å²) >= 11 is 2.53. The van der Waals surface area contributed by atoms with Crippen LogP contribution in [0.15, 0.2) is 30.3 Å². The molecule has 0 aliphatic carbocycles. The Labute approximate surface area is 85.3 Å². The van der Waals surface area contributed by atoms with Crippen LogP contribution in [0.5, 0.6) is 0 Å². The molecule has 0 amide bonds. The number of hydrogen-bond acceptors (Lipinski definition) is 1. The Morgan fingerprint density at radius 1 is 1.17 bits per heavy atom. The van der Waals surface area contributed by atoms with Crippen LogP contribution >= 0.6 is 11.8 Å². The molecule has 1 rings (SSSR count). The van der Waals surface area contributed by atoms with Crippen molar-refractivity contribution in [3.05, 3.63) is 30.3 Å². The van der Waals surface area contributed by atoms with Gasteiger partial charge in [0.1, 0.15) is 0 Å². The second-order valence-electron chi connectivity index (χ2n) is 3.02. The van der Waals surface area contributed by atoms with Gasteiger partial charge in [0, 0.05) is 0 Å². The molecule has 0 nitrogen and oxygen atoms in total. The van der Waals surface area contributed by atoms with Crippen molar-refractivity contribution < 1.29 is 0 Å². The van der Waals surface area contributed by atoms with Crippen LogP contribution in [0, 0.1) is 0 Å². The second-order valence-corrected chi connectivity index (χ2v) is 8.59. The van der Waals surface area contributed by atoms with Gasteiger partial charge in [0.25, 0.3) is 0 Å². The molecule has 0 saturated heterocycles. The van der Waals surface area contributed by atoms with Gasteiger partial charge in [0.15, 0.2) is 0 Å². The number of rotatable bonds is 3. The predicted octanol–water partition coefficient (Wildman–Crippen LogP) is 2.12. The van der Waals surface area contributed by atoms with Crippen molar-refractivity contribution in [2.45, 2.75) is 17.5 Å². The summed E-state index contributed by atoms with van der Waals surface area (Å²) < 4.78 is 1.92. The van der Waals surface area contributed by atoms with Gasteiger partial charge in [-0.15, -0.1) is 0 Å². The first-order chi connectivity index (χ1) is 5.64. The molecule has 0 heterocycles. The molecule has 0 aliphatic rings. The summed E-state index contributed by atoms with van der Waals surface area (Å²) in [5.41, 5.74) is 0. The molecule has 12 heavy (non-hydrogen) atoms. The van der Waals surface area contributed by atoms with Crippen molar-refractivity contribution in [1.29, 1.82) is 0 Å². The third kappa shape index (κ3) is 3.22. The summed E-state index contributed by atoms with van der Waals surface area (Å²) in [6, 6.07) is 10.8. The maximum absolute atomic E-state index is 2.31. The van der Waals surface area contributed by atoms with E-state index in [1.54, 1.807) is 0 Å². The Bertz CT molecular complexity index is 231. The average molecular weight is 245 g/mol. The van der Waals surface area contributed by atoms with E-state index < -0.39 is 0 Å². The molecule has 0 saturated carbocycles. The molecule has 0 aromatic heterocycles. The molecule has 0 bridgehead atoms. The van der Waals surface area contributed by atoms with Gasteiger partial charge < -0.3 is 0 Å². The van der Waals surface area contributed by atoms with Crippen LogP contribution in [0.4, 0.5) is 0 Å². The SMILES string of the molecule is CSC(C)(C)[Se]c1ccccc1. The van der Waals surface area contributed by atoms with Gasteiger partial charge in [-0.1, -0.05) is 0 Å². The van der Waals surface area contributed by atoms with Crippen molar-refractivity contribution >= 4 is 31.2 Å². The van der Waals surface area contributed by atoms with Crippen LogP contribution in [0.25, 0.3) is 0 Å². The van der Waals surface area contributed by atoms with E-state index >= 15 is 0 Å². The van der Waals surface area contributed by atoms with Crippen molar-refractivity contribution in [3.63, 3.8) is 0 Å². The molecular formula is C10H14SSe. The molecule has 0 radical (unpaired) electrons. The zero-order chi connectivity index (χ0) is 9.03. The summed E-state index contributed by atoms with van der Waals surface area (Å²) in [7, 11) is 0. The van der Waals surface area contributed by atoms with Crippen molar-refractivity contribution in [3.8, 4) is 0 Å². The Balaban J connectivity index is 2.64. The van der Waals surface area contributed by atoms with E-state index in [-0.39, 0.29) is 0 Å². The van der Waals surface area contributed by atoms with Crippen LogP contribution in [-0.4, -0.2) is 24.9 Å². The van der Waals surface area contributed by atoms with Crippen molar-refractivity contribution in [2.24, 2.45) is 0 Å². The van der Waals surface area contributed by atoms with Gasteiger partial charge in [-0.3, -0.25) is 0 Å². The zero-order valence-corrected chi connectivity index (χ0v) is 10.2. The Kier molecular flexibility index (Phi) is 3.70. The van der Waals surface area contributed by atoms with Crippen LogP contribution in [0.2, 0.25) is 0 Å². The zero-order valence-electron chi connectivity index (χ0n) is 7.70. The van der Waals surface area contributed by atoms with Gasteiger partial charge in [-0.05, 0) is 0 Å². The fourth-order valence-electron chi connectivity index (χ4n) is 0.814. The van der Waals surface area contributed by atoms with Gasteiger partial charge >= 0.3 is 85.3 Å². The van der Waals surface area contributed by atoms with Gasteiger partial charge in [-0.2, -0.15) is 0 Å². The molecule has 0 atom stereocenters. The first kappa shape index (κ1) is 10.2. The quantitative estimate of drug-likeness (QED) is 0.735. The standard InChI is InChI=1S/C10H14SSe/c1-10(2,11-3)12-9-7-5-4-6-8-9/h4-8H,1-3H3. The maximum atomic E-state index is 2.31. The Morgan fingerprint density at radius 2 is 1.75 bits per heavy atom. The van der Waals surface area contributed by atoms with E-state index in [0.29, 0.717) is 18.6 Å². The molecular weight excluding hydrogens is 231 g/mol. The minimum absolute atomic E-state index is 0.425. The first-order valence-corrected chi connectivity index (χ1v) is 6.87. The van der Waals surface area contributed by atoms with E-state index in [9.17, 15) is 0 Å². The molecule has 0 unspecified atom stereocenters.